The number of halogens is 2. The van der Waals surface area contributed by atoms with Crippen molar-refractivity contribution in [2.45, 2.75) is 6.92 Å². The van der Waals surface area contributed by atoms with Crippen molar-refractivity contribution in [3.63, 3.8) is 0 Å². The number of hydrogen-bond acceptors (Lipinski definition) is 2. The maximum absolute atomic E-state index is 11.4. The van der Waals surface area contributed by atoms with Crippen LogP contribution in [0.2, 0.25) is 10.0 Å². The van der Waals surface area contributed by atoms with Crippen LogP contribution in [0.15, 0.2) is 23.2 Å². The van der Waals surface area contributed by atoms with Gasteiger partial charge in [0.05, 0.1) is 10.0 Å². The highest BCUT2D eigenvalue weighted by Gasteiger charge is 2.22. The Balaban J connectivity index is 2.39. The van der Waals surface area contributed by atoms with Gasteiger partial charge in [-0.2, -0.15) is 0 Å². The van der Waals surface area contributed by atoms with Gasteiger partial charge >= 0.3 is 0 Å². The lowest BCUT2D eigenvalue weighted by molar-refractivity contribution is -0.124. The lowest BCUT2D eigenvalue weighted by atomic mass is 10.3. The molecule has 1 aliphatic heterocycles. The molecule has 0 saturated carbocycles. The summed E-state index contributed by atoms with van der Waals surface area (Å²) in [6.45, 7) is 2.79. The molecule has 0 radical (unpaired) electrons. The summed E-state index contributed by atoms with van der Waals surface area (Å²) >= 11 is 12.0. The molecule has 0 aliphatic carbocycles. The van der Waals surface area contributed by atoms with Crippen LogP contribution in [-0.2, 0) is 4.79 Å². The summed E-state index contributed by atoms with van der Waals surface area (Å²) in [6, 6.07) is 5.17. The van der Waals surface area contributed by atoms with E-state index < -0.39 is 0 Å². The van der Waals surface area contributed by atoms with Gasteiger partial charge in [0.1, 0.15) is 5.69 Å². The average molecular weight is 272 g/mol. The van der Waals surface area contributed by atoms with E-state index in [1.165, 1.54) is 6.92 Å². The zero-order valence-electron chi connectivity index (χ0n) is 9.20. The Morgan fingerprint density at radius 1 is 1.41 bits per heavy atom. The van der Waals surface area contributed by atoms with E-state index in [9.17, 15) is 4.79 Å². The number of nitrogens with zero attached hydrogens (tertiary/aromatic N) is 2. The van der Waals surface area contributed by atoms with E-state index in [2.05, 4.69) is 10.3 Å². The Kier molecular flexibility index (Phi) is 3.54. The first-order valence-electron chi connectivity index (χ1n) is 5.14. The molecule has 1 aromatic carbocycles. The van der Waals surface area contributed by atoms with Gasteiger partial charge in [-0.05, 0) is 12.1 Å². The highest BCUT2D eigenvalue weighted by molar-refractivity contribution is 6.38. The van der Waals surface area contributed by atoms with Crippen LogP contribution in [0.5, 0.6) is 0 Å². The van der Waals surface area contributed by atoms with E-state index in [0.717, 1.165) is 0 Å². The van der Waals surface area contributed by atoms with Crippen LogP contribution >= 0.6 is 23.2 Å². The van der Waals surface area contributed by atoms with Crippen molar-refractivity contribution in [2.75, 3.05) is 13.1 Å². The molecular formula is C11H11Cl2N3O. The number of amides is 1. The molecule has 4 nitrogen and oxygen atoms in total. The third-order valence-corrected chi connectivity index (χ3v) is 3.02. The number of carbonyl (C=O) groups excluding carboxylic acids is 1. The molecule has 0 spiro atoms. The lowest BCUT2D eigenvalue weighted by Crippen LogP contribution is -2.33. The zero-order chi connectivity index (χ0) is 12.4. The normalized spacial score (nSPS) is 17.4. The molecule has 1 amide bonds. The fourth-order valence-corrected chi connectivity index (χ4v) is 2.07. The SMILES string of the molecule is CC(=O)N1CCNC1=Nc1c(Cl)cccc1Cl. The molecule has 1 N–H and O–H groups in total. The molecule has 1 aliphatic rings. The van der Waals surface area contributed by atoms with Crippen molar-refractivity contribution in [3.8, 4) is 0 Å². The van der Waals surface area contributed by atoms with Crippen molar-refractivity contribution in [1.82, 2.24) is 10.2 Å². The van der Waals surface area contributed by atoms with E-state index in [1.807, 2.05) is 0 Å². The molecule has 1 aromatic rings. The quantitative estimate of drug-likeness (QED) is 0.853. The van der Waals surface area contributed by atoms with Gasteiger partial charge in [0, 0.05) is 20.0 Å². The number of rotatable bonds is 1. The predicted molar refractivity (Wildman–Crippen MR) is 68.9 cm³/mol. The lowest BCUT2D eigenvalue weighted by Gasteiger charge is -2.13. The van der Waals surface area contributed by atoms with Gasteiger partial charge in [-0.25, -0.2) is 4.99 Å². The minimum atomic E-state index is -0.0584. The topological polar surface area (TPSA) is 44.7 Å². The standard InChI is InChI=1S/C11H11Cl2N3O/c1-7(17)16-6-5-14-11(16)15-10-8(12)3-2-4-9(10)13/h2-4H,5-6H2,1H3,(H,14,15). The summed E-state index contributed by atoms with van der Waals surface area (Å²) in [5.41, 5.74) is 0.478. The molecule has 6 heteroatoms. The minimum Gasteiger partial charge on any atom is -0.354 e. The molecule has 1 fully saturated rings. The van der Waals surface area contributed by atoms with Crippen LogP contribution in [0.25, 0.3) is 0 Å². The molecule has 0 aromatic heterocycles. The highest BCUT2D eigenvalue weighted by atomic mass is 35.5. The molecule has 1 heterocycles. The van der Waals surface area contributed by atoms with E-state index in [0.29, 0.717) is 34.8 Å². The largest absolute Gasteiger partial charge is 0.354 e. The smallest absolute Gasteiger partial charge is 0.226 e. The van der Waals surface area contributed by atoms with E-state index in [-0.39, 0.29) is 5.91 Å². The molecule has 17 heavy (non-hydrogen) atoms. The first-order chi connectivity index (χ1) is 8.09. The number of para-hydroxylation sites is 1. The number of carbonyl (C=O) groups is 1. The average Bonchev–Trinajstić information content (AvgIpc) is 2.72. The summed E-state index contributed by atoms with van der Waals surface area (Å²) in [5.74, 6) is 0.435. The maximum atomic E-state index is 11.4. The minimum absolute atomic E-state index is 0.0584. The third-order valence-electron chi connectivity index (χ3n) is 2.41. The second kappa shape index (κ2) is 4.94. The van der Waals surface area contributed by atoms with Gasteiger partial charge in [-0.15, -0.1) is 0 Å². The number of aliphatic imine (C=N–C) groups is 1. The summed E-state index contributed by atoms with van der Waals surface area (Å²) in [5, 5.41) is 3.95. The Morgan fingerprint density at radius 2 is 2.06 bits per heavy atom. The van der Waals surface area contributed by atoms with Gasteiger partial charge in [0.2, 0.25) is 11.9 Å². The highest BCUT2D eigenvalue weighted by Crippen LogP contribution is 2.32. The molecular weight excluding hydrogens is 261 g/mol. The van der Waals surface area contributed by atoms with Crippen LogP contribution < -0.4 is 5.32 Å². The first kappa shape index (κ1) is 12.2. The van der Waals surface area contributed by atoms with Crippen LogP contribution in [0, 0.1) is 0 Å². The van der Waals surface area contributed by atoms with Crippen molar-refractivity contribution < 1.29 is 4.79 Å². The predicted octanol–water partition coefficient (Wildman–Crippen LogP) is 2.43. The molecule has 0 bridgehead atoms. The van der Waals surface area contributed by atoms with Crippen molar-refractivity contribution in [3.05, 3.63) is 28.2 Å². The molecule has 0 unspecified atom stereocenters. The van der Waals surface area contributed by atoms with Gasteiger partial charge in [0.25, 0.3) is 0 Å². The van der Waals surface area contributed by atoms with Crippen molar-refractivity contribution in [2.24, 2.45) is 4.99 Å². The number of benzene rings is 1. The van der Waals surface area contributed by atoms with Gasteiger partial charge < -0.3 is 5.32 Å². The Bertz CT molecular complexity index is 467. The molecule has 90 valence electrons. The summed E-state index contributed by atoms with van der Waals surface area (Å²) in [7, 11) is 0. The first-order valence-corrected chi connectivity index (χ1v) is 5.90. The fourth-order valence-electron chi connectivity index (χ4n) is 1.59. The second-order valence-electron chi connectivity index (χ2n) is 3.60. The van der Waals surface area contributed by atoms with Crippen LogP contribution in [-0.4, -0.2) is 29.9 Å². The molecule has 0 atom stereocenters. The Labute approximate surface area is 109 Å². The van der Waals surface area contributed by atoms with Crippen LogP contribution in [0.3, 0.4) is 0 Å². The molecule has 1 saturated heterocycles. The Morgan fingerprint density at radius 3 is 2.65 bits per heavy atom. The number of nitrogens with one attached hydrogen (secondary N) is 1. The van der Waals surface area contributed by atoms with Crippen LogP contribution in [0.1, 0.15) is 6.92 Å². The second-order valence-corrected chi connectivity index (χ2v) is 4.42. The third kappa shape index (κ3) is 2.53. The Hall–Kier alpha value is -1.26. The van der Waals surface area contributed by atoms with Gasteiger partial charge in [-0.1, -0.05) is 29.3 Å². The molecule has 2 rings (SSSR count). The summed E-state index contributed by atoms with van der Waals surface area (Å²) in [4.78, 5) is 17.2. The summed E-state index contributed by atoms with van der Waals surface area (Å²) < 4.78 is 0. The van der Waals surface area contributed by atoms with Gasteiger partial charge in [-0.3, -0.25) is 9.69 Å². The maximum Gasteiger partial charge on any atom is 0.226 e. The van der Waals surface area contributed by atoms with Crippen molar-refractivity contribution in [1.29, 1.82) is 0 Å². The zero-order valence-corrected chi connectivity index (χ0v) is 10.7. The van der Waals surface area contributed by atoms with E-state index in [4.69, 9.17) is 23.2 Å². The number of guanidine groups is 1. The van der Waals surface area contributed by atoms with Gasteiger partial charge in [0.15, 0.2) is 0 Å². The summed E-state index contributed by atoms with van der Waals surface area (Å²) in [6.07, 6.45) is 0. The van der Waals surface area contributed by atoms with E-state index in [1.54, 1.807) is 23.1 Å². The van der Waals surface area contributed by atoms with E-state index >= 15 is 0 Å². The number of hydrogen-bond donors (Lipinski definition) is 1. The van der Waals surface area contributed by atoms with Crippen LogP contribution in [0.4, 0.5) is 5.69 Å². The van der Waals surface area contributed by atoms with Crippen molar-refractivity contribution >= 4 is 40.8 Å². The monoisotopic (exact) mass is 271 g/mol. The fraction of sp³-hybridized carbons (Fsp3) is 0.273.